The lowest BCUT2D eigenvalue weighted by molar-refractivity contribution is -0.115. The first-order valence-electron chi connectivity index (χ1n) is 8.81. The van der Waals surface area contributed by atoms with Crippen LogP contribution in [0.5, 0.6) is 0 Å². The minimum Gasteiger partial charge on any atom is -0.294 e. The van der Waals surface area contributed by atoms with Crippen LogP contribution < -0.4 is 0 Å². The number of hydrogen-bond donors (Lipinski definition) is 0. The molecule has 0 heterocycles. The number of allylic oxidation sites excluding steroid dienone is 4. The summed E-state index contributed by atoms with van der Waals surface area (Å²) in [6.45, 7) is 2.06. The van der Waals surface area contributed by atoms with E-state index in [9.17, 15) is 4.79 Å². The molecule has 0 amide bonds. The number of hydrogen-bond acceptors (Lipinski definition) is 1. The molecule has 1 aromatic carbocycles. The molecule has 0 spiro atoms. The van der Waals surface area contributed by atoms with Gasteiger partial charge in [0.15, 0.2) is 5.78 Å². The van der Waals surface area contributed by atoms with Gasteiger partial charge in [-0.05, 0) is 48.3 Å². The van der Waals surface area contributed by atoms with Crippen molar-refractivity contribution < 1.29 is 4.79 Å². The zero-order chi connectivity index (χ0) is 15.4. The summed E-state index contributed by atoms with van der Waals surface area (Å²) < 4.78 is 0. The molecule has 3 rings (SSSR count). The molecular weight excluding hydrogens is 268 g/mol. The van der Waals surface area contributed by atoms with Crippen LogP contribution in [-0.4, -0.2) is 5.78 Å². The van der Waals surface area contributed by atoms with Crippen LogP contribution >= 0.6 is 0 Å². The second kappa shape index (κ2) is 7.09. The Balaban J connectivity index is 1.59. The van der Waals surface area contributed by atoms with Gasteiger partial charge >= 0.3 is 0 Å². The van der Waals surface area contributed by atoms with E-state index in [0.29, 0.717) is 12.2 Å². The lowest BCUT2D eigenvalue weighted by Gasteiger charge is -2.22. The van der Waals surface area contributed by atoms with E-state index in [0.717, 1.165) is 24.3 Å². The SMILES string of the molecule is CCCC(=O)C1=CC=C1Cc1ccc(C2CCCCC2)cc1. The third kappa shape index (κ3) is 3.40. The Hall–Kier alpha value is -1.63. The van der Waals surface area contributed by atoms with Crippen LogP contribution in [0.25, 0.3) is 0 Å². The van der Waals surface area contributed by atoms with E-state index in [1.807, 2.05) is 6.08 Å². The summed E-state index contributed by atoms with van der Waals surface area (Å²) in [4.78, 5) is 12.0. The number of carbonyl (C=O) groups excluding carboxylic acids is 1. The van der Waals surface area contributed by atoms with Gasteiger partial charge in [0.2, 0.25) is 0 Å². The van der Waals surface area contributed by atoms with Gasteiger partial charge in [-0.3, -0.25) is 4.79 Å². The summed E-state index contributed by atoms with van der Waals surface area (Å²) in [6.07, 6.45) is 13.4. The number of Topliss-reactive ketones (excluding diaryl/α,β-unsaturated/α-hetero) is 1. The number of ketones is 1. The van der Waals surface area contributed by atoms with E-state index in [1.165, 1.54) is 48.8 Å². The zero-order valence-electron chi connectivity index (χ0n) is 13.6. The molecule has 22 heavy (non-hydrogen) atoms. The number of carbonyl (C=O) groups is 1. The Morgan fingerprint density at radius 2 is 1.77 bits per heavy atom. The molecular formula is C21H26O. The van der Waals surface area contributed by atoms with Gasteiger partial charge in [-0.15, -0.1) is 0 Å². The molecule has 0 unspecified atom stereocenters. The van der Waals surface area contributed by atoms with Crippen molar-refractivity contribution in [3.8, 4) is 0 Å². The van der Waals surface area contributed by atoms with Crippen molar-refractivity contribution in [2.45, 2.75) is 64.2 Å². The molecule has 0 atom stereocenters. The summed E-state index contributed by atoms with van der Waals surface area (Å²) in [5.74, 6) is 1.08. The first kappa shape index (κ1) is 15.3. The third-order valence-electron chi connectivity index (χ3n) is 5.03. The summed E-state index contributed by atoms with van der Waals surface area (Å²) in [5.41, 5.74) is 4.99. The predicted molar refractivity (Wildman–Crippen MR) is 92.1 cm³/mol. The lowest BCUT2D eigenvalue weighted by atomic mass is 9.83. The molecule has 0 N–H and O–H groups in total. The monoisotopic (exact) mass is 294 g/mol. The van der Waals surface area contributed by atoms with Crippen LogP contribution in [0.4, 0.5) is 0 Å². The van der Waals surface area contributed by atoms with E-state index in [2.05, 4.69) is 37.3 Å². The van der Waals surface area contributed by atoms with E-state index in [4.69, 9.17) is 0 Å². The van der Waals surface area contributed by atoms with Gasteiger partial charge < -0.3 is 0 Å². The number of benzene rings is 1. The summed E-state index contributed by atoms with van der Waals surface area (Å²) >= 11 is 0. The van der Waals surface area contributed by atoms with E-state index in [-0.39, 0.29) is 0 Å². The van der Waals surface area contributed by atoms with Crippen molar-refractivity contribution in [2.24, 2.45) is 0 Å². The average Bonchev–Trinajstić information content (AvgIpc) is 2.53. The van der Waals surface area contributed by atoms with Crippen molar-refractivity contribution in [3.63, 3.8) is 0 Å². The Bertz CT molecular complexity index is 583. The van der Waals surface area contributed by atoms with E-state index in [1.54, 1.807) is 0 Å². The highest BCUT2D eigenvalue weighted by Crippen LogP contribution is 2.33. The predicted octanol–water partition coefficient (Wildman–Crippen LogP) is 5.51. The highest BCUT2D eigenvalue weighted by molar-refractivity contribution is 6.02. The van der Waals surface area contributed by atoms with Crippen LogP contribution in [0.3, 0.4) is 0 Å². The molecule has 2 aliphatic carbocycles. The van der Waals surface area contributed by atoms with E-state index >= 15 is 0 Å². The molecule has 1 nitrogen and oxygen atoms in total. The maximum absolute atomic E-state index is 12.0. The fraction of sp³-hybridized carbons (Fsp3) is 0.476. The average molecular weight is 294 g/mol. The first-order valence-corrected chi connectivity index (χ1v) is 8.81. The highest BCUT2D eigenvalue weighted by atomic mass is 16.1. The molecule has 0 aliphatic heterocycles. The molecule has 116 valence electrons. The van der Waals surface area contributed by atoms with Gasteiger partial charge in [0.25, 0.3) is 0 Å². The van der Waals surface area contributed by atoms with Gasteiger partial charge in [0, 0.05) is 12.0 Å². The molecule has 1 fully saturated rings. The Labute approximate surface area is 134 Å². The van der Waals surface area contributed by atoms with Crippen molar-refractivity contribution in [1.82, 2.24) is 0 Å². The molecule has 0 bridgehead atoms. The smallest absolute Gasteiger partial charge is 0.163 e. The van der Waals surface area contributed by atoms with Gasteiger partial charge in [-0.1, -0.05) is 62.6 Å². The molecule has 1 heteroatoms. The van der Waals surface area contributed by atoms with Gasteiger partial charge in [-0.25, -0.2) is 0 Å². The quantitative estimate of drug-likeness (QED) is 0.676. The second-order valence-corrected chi connectivity index (χ2v) is 6.70. The maximum Gasteiger partial charge on any atom is 0.163 e. The van der Waals surface area contributed by atoms with Crippen molar-refractivity contribution in [3.05, 3.63) is 58.7 Å². The topological polar surface area (TPSA) is 17.1 Å². The Morgan fingerprint density at radius 1 is 1.05 bits per heavy atom. The summed E-state index contributed by atoms with van der Waals surface area (Å²) in [7, 11) is 0. The summed E-state index contributed by atoms with van der Waals surface area (Å²) in [6, 6.07) is 9.12. The fourth-order valence-electron chi connectivity index (χ4n) is 3.64. The number of rotatable bonds is 6. The maximum atomic E-state index is 12.0. The highest BCUT2D eigenvalue weighted by Gasteiger charge is 2.19. The molecule has 0 aromatic heterocycles. The molecule has 1 saturated carbocycles. The normalized spacial score (nSPS) is 18.4. The molecule has 0 saturated heterocycles. The zero-order valence-corrected chi connectivity index (χ0v) is 13.6. The third-order valence-corrected chi connectivity index (χ3v) is 5.03. The van der Waals surface area contributed by atoms with Crippen LogP contribution in [0.2, 0.25) is 0 Å². The Morgan fingerprint density at radius 3 is 2.36 bits per heavy atom. The first-order chi connectivity index (χ1) is 10.8. The van der Waals surface area contributed by atoms with Crippen molar-refractivity contribution in [1.29, 1.82) is 0 Å². The van der Waals surface area contributed by atoms with Crippen LogP contribution in [0.15, 0.2) is 47.6 Å². The van der Waals surface area contributed by atoms with E-state index < -0.39 is 0 Å². The largest absolute Gasteiger partial charge is 0.294 e. The Kier molecular flexibility index (Phi) is 4.92. The van der Waals surface area contributed by atoms with Crippen LogP contribution in [0, 0.1) is 0 Å². The van der Waals surface area contributed by atoms with Crippen LogP contribution in [-0.2, 0) is 11.2 Å². The minimum absolute atomic E-state index is 0.304. The van der Waals surface area contributed by atoms with Crippen molar-refractivity contribution in [2.75, 3.05) is 0 Å². The molecule has 1 aromatic rings. The molecule has 2 aliphatic rings. The van der Waals surface area contributed by atoms with Gasteiger partial charge in [0.05, 0.1) is 0 Å². The van der Waals surface area contributed by atoms with Crippen molar-refractivity contribution >= 4 is 5.78 Å². The minimum atomic E-state index is 0.304. The fourth-order valence-corrected chi connectivity index (χ4v) is 3.64. The van der Waals surface area contributed by atoms with Gasteiger partial charge in [0.1, 0.15) is 0 Å². The van der Waals surface area contributed by atoms with Gasteiger partial charge in [-0.2, -0.15) is 0 Å². The van der Waals surface area contributed by atoms with Crippen LogP contribution in [0.1, 0.15) is 68.9 Å². The second-order valence-electron chi connectivity index (χ2n) is 6.70. The molecule has 0 radical (unpaired) electrons. The summed E-state index contributed by atoms with van der Waals surface area (Å²) in [5, 5.41) is 0. The lowest BCUT2D eigenvalue weighted by Crippen LogP contribution is -2.11. The standard InChI is InChI=1S/C21H26O/c1-2-6-21(22)20-14-13-19(20)15-16-9-11-18(12-10-16)17-7-4-3-5-8-17/h9-14,17H,2-8,15H2,1H3.